The minimum absolute atomic E-state index is 0.0247. The Hall–Kier alpha value is -3.34. The molecule has 0 unspecified atom stereocenters. The maximum atomic E-state index is 7.29. The van der Waals surface area contributed by atoms with Crippen LogP contribution in [0, 0.1) is 5.41 Å². The van der Waals surface area contributed by atoms with Crippen molar-refractivity contribution in [3.63, 3.8) is 0 Å². The van der Waals surface area contributed by atoms with Crippen LogP contribution in [0.4, 0.5) is 0 Å². The van der Waals surface area contributed by atoms with Gasteiger partial charge < -0.3 is 16.0 Å². The van der Waals surface area contributed by atoms with E-state index in [0.717, 1.165) is 33.2 Å². The van der Waals surface area contributed by atoms with E-state index in [9.17, 15) is 0 Å². The molecule has 24 heavy (non-hydrogen) atoms. The van der Waals surface area contributed by atoms with E-state index in [0.29, 0.717) is 6.54 Å². The summed E-state index contributed by atoms with van der Waals surface area (Å²) in [4.78, 5) is 7.85. The molecular formula is C19H17N5. The summed E-state index contributed by atoms with van der Waals surface area (Å²) in [5, 5.41) is 12.4. The summed E-state index contributed by atoms with van der Waals surface area (Å²) in [7, 11) is 0. The molecule has 0 saturated heterocycles. The number of para-hydroxylation sites is 1. The van der Waals surface area contributed by atoms with Crippen LogP contribution in [-0.2, 0) is 6.54 Å². The highest BCUT2D eigenvalue weighted by Crippen LogP contribution is 2.33. The van der Waals surface area contributed by atoms with E-state index in [-0.39, 0.29) is 5.96 Å². The van der Waals surface area contributed by atoms with Gasteiger partial charge in [-0.1, -0.05) is 36.4 Å². The zero-order chi connectivity index (χ0) is 16.5. The fourth-order valence-electron chi connectivity index (χ4n) is 3.05. The molecule has 0 saturated carbocycles. The average Bonchev–Trinajstić information content (AvgIpc) is 2.99. The normalized spacial score (nSPS) is 11.0. The highest BCUT2D eigenvalue weighted by Gasteiger charge is 2.11. The van der Waals surface area contributed by atoms with E-state index in [1.807, 2.05) is 36.5 Å². The van der Waals surface area contributed by atoms with Crippen LogP contribution in [-0.4, -0.2) is 15.9 Å². The van der Waals surface area contributed by atoms with Crippen LogP contribution in [0.3, 0.4) is 0 Å². The van der Waals surface area contributed by atoms with Crippen molar-refractivity contribution in [3.05, 3.63) is 66.4 Å². The van der Waals surface area contributed by atoms with Gasteiger partial charge in [0, 0.05) is 29.0 Å². The van der Waals surface area contributed by atoms with E-state index in [4.69, 9.17) is 11.1 Å². The van der Waals surface area contributed by atoms with Crippen LogP contribution in [0.2, 0.25) is 0 Å². The summed E-state index contributed by atoms with van der Waals surface area (Å²) >= 11 is 0. The molecule has 5 heteroatoms. The SMILES string of the molecule is N=C(N)NCc1cccc(-c2ccnc3[nH]c4ccccc4c23)c1. The molecule has 0 amide bonds. The molecule has 0 aliphatic carbocycles. The first-order valence-electron chi connectivity index (χ1n) is 7.75. The maximum absolute atomic E-state index is 7.29. The Morgan fingerprint density at radius 3 is 2.88 bits per heavy atom. The van der Waals surface area contributed by atoms with E-state index in [2.05, 4.69) is 39.6 Å². The Morgan fingerprint density at radius 2 is 2.00 bits per heavy atom. The zero-order valence-electron chi connectivity index (χ0n) is 13.0. The summed E-state index contributed by atoms with van der Waals surface area (Å²) < 4.78 is 0. The Morgan fingerprint density at radius 1 is 1.12 bits per heavy atom. The lowest BCUT2D eigenvalue weighted by Crippen LogP contribution is -2.29. The third-order valence-corrected chi connectivity index (χ3v) is 4.12. The molecule has 5 nitrogen and oxygen atoms in total. The fourth-order valence-corrected chi connectivity index (χ4v) is 3.05. The number of fused-ring (bicyclic) bond motifs is 3. The second-order valence-corrected chi connectivity index (χ2v) is 5.72. The summed E-state index contributed by atoms with van der Waals surface area (Å²) in [5.74, 6) is -0.0247. The summed E-state index contributed by atoms with van der Waals surface area (Å²) in [5.41, 5.74) is 10.7. The number of H-pyrrole nitrogens is 1. The monoisotopic (exact) mass is 315 g/mol. The van der Waals surface area contributed by atoms with Gasteiger partial charge in [-0.25, -0.2) is 4.98 Å². The summed E-state index contributed by atoms with van der Waals surface area (Å²) in [6.45, 7) is 0.533. The Bertz CT molecular complexity index is 1050. The molecule has 4 aromatic rings. The van der Waals surface area contributed by atoms with Gasteiger partial charge in [-0.2, -0.15) is 0 Å². The number of nitrogens with zero attached hydrogens (tertiary/aromatic N) is 1. The van der Waals surface area contributed by atoms with Gasteiger partial charge in [0.2, 0.25) is 0 Å². The van der Waals surface area contributed by atoms with Gasteiger partial charge in [0.25, 0.3) is 0 Å². The minimum atomic E-state index is -0.0247. The minimum Gasteiger partial charge on any atom is -0.370 e. The molecular weight excluding hydrogens is 298 g/mol. The third-order valence-electron chi connectivity index (χ3n) is 4.12. The van der Waals surface area contributed by atoms with Gasteiger partial charge in [-0.15, -0.1) is 0 Å². The van der Waals surface area contributed by atoms with Gasteiger partial charge >= 0.3 is 0 Å². The van der Waals surface area contributed by atoms with Crippen molar-refractivity contribution in [1.29, 1.82) is 5.41 Å². The van der Waals surface area contributed by atoms with Gasteiger partial charge in [0.1, 0.15) is 5.65 Å². The average molecular weight is 315 g/mol. The predicted octanol–water partition coefficient (Wildman–Crippen LogP) is 3.37. The van der Waals surface area contributed by atoms with Crippen molar-refractivity contribution < 1.29 is 0 Å². The second-order valence-electron chi connectivity index (χ2n) is 5.72. The lowest BCUT2D eigenvalue weighted by molar-refractivity contribution is 0.897. The van der Waals surface area contributed by atoms with Gasteiger partial charge in [-0.3, -0.25) is 5.41 Å². The number of nitrogens with one attached hydrogen (secondary N) is 3. The van der Waals surface area contributed by atoms with Crippen molar-refractivity contribution in [2.75, 3.05) is 0 Å². The number of aromatic nitrogens is 2. The number of hydrogen-bond donors (Lipinski definition) is 4. The van der Waals surface area contributed by atoms with Crippen molar-refractivity contribution in [3.8, 4) is 11.1 Å². The summed E-state index contributed by atoms with van der Waals surface area (Å²) in [6.07, 6.45) is 1.83. The van der Waals surface area contributed by atoms with Crippen molar-refractivity contribution >= 4 is 27.9 Å². The van der Waals surface area contributed by atoms with Crippen molar-refractivity contribution in [2.24, 2.45) is 5.73 Å². The van der Waals surface area contributed by atoms with Crippen LogP contribution in [0.5, 0.6) is 0 Å². The molecule has 4 rings (SSSR count). The number of benzene rings is 2. The topological polar surface area (TPSA) is 90.6 Å². The Kier molecular flexibility index (Phi) is 3.39. The molecule has 0 aliphatic heterocycles. The lowest BCUT2D eigenvalue weighted by atomic mass is 9.99. The molecule has 0 fully saturated rings. The first kappa shape index (κ1) is 14.3. The lowest BCUT2D eigenvalue weighted by Gasteiger charge is -2.08. The number of nitrogens with two attached hydrogens (primary N) is 1. The standard InChI is InChI=1S/C19H17N5/c20-19(21)23-11-12-4-3-5-13(10-12)14-8-9-22-18-17(14)15-6-1-2-7-16(15)24-18/h1-10H,11H2,(H,22,24)(H4,20,21,23). The molecule has 0 bridgehead atoms. The number of hydrogen-bond acceptors (Lipinski definition) is 2. The van der Waals surface area contributed by atoms with Gasteiger partial charge in [0.15, 0.2) is 5.96 Å². The number of guanidine groups is 1. The van der Waals surface area contributed by atoms with Crippen LogP contribution >= 0.6 is 0 Å². The molecule has 0 aliphatic rings. The first-order valence-corrected chi connectivity index (χ1v) is 7.75. The van der Waals surface area contributed by atoms with Crippen LogP contribution in [0.25, 0.3) is 33.1 Å². The van der Waals surface area contributed by atoms with E-state index in [1.165, 1.54) is 5.39 Å². The molecule has 2 aromatic carbocycles. The summed E-state index contributed by atoms with van der Waals surface area (Å²) in [6, 6.07) is 18.5. The molecule has 0 spiro atoms. The predicted molar refractivity (Wildman–Crippen MR) is 97.8 cm³/mol. The number of aromatic amines is 1. The molecule has 0 atom stereocenters. The van der Waals surface area contributed by atoms with Gasteiger partial charge in [-0.05, 0) is 34.9 Å². The molecule has 2 aromatic heterocycles. The van der Waals surface area contributed by atoms with Gasteiger partial charge in [0.05, 0.1) is 0 Å². The number of rotatable bonds is 3. The zero-order valence-corrected chi connectivity index (χ0v) is 13.0. The van der Waals surface area contributed by atoms with E-state index >= 15 is 0 Å². The second kappa shape index (κ2) is 5.70. The van der Waals surface area contributed by atoms with Crippen molar-refractivity contribution in [2.45, 2.75) is 6.54 Å². The highest BCUT2D eigenvalue weighted by atomic mass is 15.0. The molecule has 2 heterocycles. The van der Waals surface area contributed by atoms with Crippen molar-refractivity contribution in [1.82, 2.24) is 15.3 Å². The largest absolute Gasteiger partial charge is 0.370 e. The Balaban J connectivity index is 1.87. The van der Waals surface area contributed by atoms with Crippen LogP contribution < -0.4 is 11.1 Å². The van der Waals surface area contributed by atoms with Crippen LogP contribution in [0.1, 0.15) is 5.56 Å². The van der Waals surface area contributed by atoms with E-state index in [1.54, 1.807) is 0 Å². The third kappa shape index (κ3) is 2.46. The molecule has 118 valence electrons. The fraction of sp³-hybridized carbons (Fsp3) is 0.0526. The maximum Gasteiger partial charge on any atom is 0.185 e. The Labute approximate surface area is 139 Å². The molecule has 5 N–H and O–H groups in total. The quantitative estimate of drug-likeness (QED) is 0.345. The highest BCUT2D eigenvalue weighted by molar-refractivity contribution is 6.12. The molecule has 0 radical (unpaired) electrons. The van der Waals surface area contributed by atoms with Crippen LogP contribution in [0.15, 0.2) is 60.8 Å². The number of pyridine rings is 1. The first-order chi connectivity index (χ1) is 11.7. The van der Waals surface area contributed by atoms with E-state index < -0.39 is 0 Å². The smallest absolute Gasteiger partial charge is 0.185 e.